The molecule has 0 aliphatic carbocycles. The predicted octanol–water partition coefficient (Wildman–Crippen LogP) is 3.27. The Labute approximate surface area is 119 Å². The Hall–Kier alpha value is -2.16. The van der Waals surface area contributed by atoms with Gasteiger partial charge in [-0.05, 0) is 53.9 Å². The van der Waals surface area contributed by atoms with Crippen molar-refractivity contribution in [2.75, 3.05) is 25.7 Å². The number of hydrogen-bond acceptors (Lipinski definition) is 3. The molecule has 1 aliphatic heterocycles. The highest BCUT2D eigenvalue weighted by atomic mass is 16.5. The lowest BCUT2D eigenvalue weighted by molar-refractivity contribution is 0.413. The molecule has 0 saturated heterocycles. The van der Waals surface area contributed by atoms with Crippen molar-refractivity contribution in [2.45, 2.75) is 13.0 Å². The van der Waals surface area contributed by atoms with Gasteiger partial charge in [0.1, 0.15) is 11.5 Å². The van der Waals surface area contributed by atoms with E-state index in [0.29, 0.717) is 0 Å². The molecular weight excluding hydrogens is 250 g/mol. The molecule has 3 nitrogen and oxygen atoms in total. The molecule has 1 heterocycles. The van der Waals surface area contributed by atoms with Crippen LogP contribution in [-0.2, 0) is 13.0 Å². The third-order valence-corrected chi connectivity index (χ3v) is 3.86. The summed E-state index contributed by atoms with van der Waals surface area (Å²) in [6.07, 6.45) is 1.05. The first-order valence-corrected chi connectivity index (χ1v) is 6.85. The van der Waals surface area contributed by atoms with Crippen LogP contribution in [0.15, 0.2) is 42.5 Å². The van der Waals surface area contributed by atoms with Gasteiger partial charge in [-0.3, -0.25) is 0 Å². The predicted molar refractivity (Wildman–Crippen MR) is 80.7 cm³/mol. The van der Waals surface area contributed by atoms with Crippen LogP contribution >= 0.6 is 0 Å². The summed E-state index contributed by atoms with van der Waals surface area (Å²) in [7, 11) is 3.41. The van der Waals surface area contributed by atoms with Crippen LogP contribution < -0.4 is 14.4 Å². The van der Waals surface area contributed by atoms with Crippen LogP contribution in [0.4, 0.5) is 5.69 Å². The van der Waals surface area contributed by atoms with E-state index in [1.54, 1.807) is 14.2 Å². The molecule has 0 saturated carbocycles. The average Bonchev–Trinajstić information content (AvgIpc) is 2.54. The highest BCUT2D eigenvalue weighted by Crippen LogP contribution is 2.28. The number of ether oxygens (including phenoxy) is 2. The fraction of sp³-hybridized carbons (Fsp3) is 0.294. The van der Waals surface area contributed by atoms with Crippen molar-refractivity contribution >= 4 is 5.69 Å². The Morgan fingerprint density at radius 2 is 1.55 bits per heavy atom. The molecule has 0 spiro atoms. The van der Waals surface area contributed by atoms with Gasteiger partial charge in [0, 0.05) is 18.8 Å². The van der Waals surface area contributed by atoms with E-state index in [9.17, 15) is 0 Å². The molecule has 0 aromatic heterocycles. The summed E-state index contributed by atoms with van der Waals surface area (Å²) in [4.78, 5) is 2.40. The summed E-state index contributed by atoms with van der Waals surface area (Å²) < 4.78 is 10.5. The molecule has 0 N–H and O–H groups in total. The maximum Gasteiger partial charge on any atom is 0.119 e. The first-order valence-electron chi connectivity index (χ1n) is 6.85. The first kappa shape index (κ1) is 12.9. The largest absolute Gasteiger partial charge is 0.497 e. The van der Waals surface area contributed by atoms with Gasteiger partial charge >= 0.3 is 0 Å². The Bertz CT molecular complexity index is 592. The average molecular weight is 269 g/mol. The topological polar surface area (TPSA) is 21.7 Å². The van der Waals surface area contributed by atoms with Crippen molar-refractivity contribution in [1.82, 2.24) is 0 Å². The molecule has 0 fully saturated rings. The van der Waals surface area contributed by atoms with Crippen molar-refractivity contribution < 1.29 is 9.47 Å². The maximum atomic E-state index is 5.29. The van der Waals surface area contributed by atoms with E-state index in [1.807, 2.05) is 18.2 Å². The first-order chi connectivity index (χ1) is 9.80. The molecule has 0 amide bonds. The molecule has 2 aromatic carbocycles. The summed E-state index contributed by atoms with van der Waals surface area (Å²) in [6, 6.07) is 14.6. The second-order valence-corrected chi connectivity index (χ2v) is 5.00. The van der Waals surface area contributed by atoms with Crippen LogP contribution in [0.5, 0.6) is 11.5 Å². The monoisotopic (exact) mass is 269 g/mol. The fourth-order valence-electron chi connectivity index (χ4n) is 2.67. The van der Waals surface area contributed by atoms with Crippen molar-refractivity contribution in [3.63, 3.8) is 0 Å². The number of benzene rings is 2. The molecule has 2 aromatic rings. The van der Waals surface area contributed by atoms with Gasteiger partial charge < -0.3 is 14.4 Å². The molecule has 20 heavy (non-hydrogen) atoms. The molecule has 1 aliphatic rings. The van der Waals surface area contributed by atoms with Crippen molar-refractivity contribution in [3.8, 4) is 11.5 Å². The number of methoxy groups -OCH3 is 2. The third kappa shape index (κ3) is 2.44. The number of anilines is 1. The van der Waals surface area contributed by atoms with Crippen molar-refractivity contribution in [2.24, 2.45) is 0 Å². The van der Waals surface area contributed by atoms with E-state index in [-0.39, 0.29) is 0 Å². The summed E-state index contributed by atoms with van der Waals surface area (Å²) >= 11 is 0. The Balaban J connectivity index is 1.80. The van der Waals surface area contributed by atoms with Crippen molar-refractivity contribution in [3.05, 3.63) is 53.6 Å². The van der Waals surface area contributed by atoms with Gasteiger partial charge in [-0.2, -0.15) is 0 Å². The molecule has 104 valence electrons. The minimum absolute atomic E-state index is 0.899. The summed E-state index contributed by atoms with van der Waals surface area (Å²) in [5.41, 5.74) is 4.02. The van der Waals surface area contributed by atoms with E-state index in [4.69, 9.17) is 9.47 Å². The lowest BCUT2D eigenvalue weighted by atomic mass is 9.99. The van der Waals surface area contributed by atoms with Gasteiger partial charge in [-0.15, -0.1) is 0 Å². The molecule has 3 rings (SSSR count). The van der Waals surface area contributed by atoms with Crippen LogP contribution in [0.25, 0.3) is 0 Å². The second kappa shape index (κ2) is 5.45. The maximum absolute atomic E-state index is 5.29. The Morgan fingerprint density at radius 1 is 0.850 bits per heavy atom. The zero-order chi connectivity index (χ0) is 13.9. The van der Waals surface area contributed by atoms with Crippen LogP contribution in [0, 0.1) is 0 Å². The van der Waals surface area contributed by atoms with Gasteiger partial charge in [-0.25, -0.2) is 0 Å². The summed E-state index contributed by atoms with van der Waals surface area (Å²) in [6.45, 7) is 1.98. The van der Waals surface area contributed by atoms with Crippen molar-refractivity contribution in [1.29, 1.82) is 0 Å². The normalized spacial score (nSPS) is 13.8. The second-order valence-electron chi connectivity index (χ2n) is 5.00. The number of nitrogens with zero attached hydrogens (tertiary/aromatic N) is 1. The van der Waals surface area contributed by atoms with E-state index in [0.717, 1.165) is 31.0 Å². The zero-order valence-electron chi connectivity index (χ0n) is 11.9. The van der Waals surface area contributed by atoms with Crippen LogP contribution in [0.2, 0.25) is 0 Å². The lowest BCUT2D eigenvalue weighted by Gasteiger charge is -2.31. The Kier molecular flexibility index (Phi) is 3.50. The quantitative estimate of drug-likeness (QED) is 0.853. The SMILES string of the molecule is COc1ccc(N2CCc3cc(OC)ccc3C2)cc1. The van der Waals surface area contributed by atoms with Gasteiger partial charge in [0.25, 0.3) is 0 Å². The highest BCUT2D eigenvalue weighted by molar-refractivity contribution is 5.52. The summed E-state index contributed by atoms with van der Waals surface area (Å²) in [5, 5.41) is 0. The molecule has 0 radical (unpaired) electrons. The molecular formula is C17H19NO2. The Morgan fingerprint density at radius 3 is 2.25 bits per heavy atom. The standard InChI is InChI=1S/C17H19NO2/c1-19-16-7-4-15(5-8-16)18-10-9-13-11-17(20-2)6-3-14(13)12-18/h3-8,11H,9-10,12H2,1-2H3. The minimum Gasteiger partial charge on any atom is -0.497 e. The zero-order valence-corrected chi connectivity index (χ0v) is 11.9. The number of hydrogen-bond donors (Lipinski definition) is 0. The van der Waals surface area contributed by atoms with E-state index in [1.165, 1.54) is 16.8 Å². The van der Waals surface area contributed by atoms with E-state index >= 15 is 0 Å². The fourth-order valence-corrected chi connectivity index (χ4v) is 2.67. The van der Waals surface area contributed by atoms with Gasteiger partial charge in [-0.1, -0.05) is 6.07 Å². The molecule has 3 heteroatoms. The molecule has 0 atom stereocenters. The number of rotatable bonds is 3. The minimum atomic E-state index is 0.899. The van der Waals surface area contributed by atoms with Crippen LogP contribution in [0.1, 0.15) is 11.1 Å². The van der Waals surface area contributed by atoms with Gasteiger partial charge in [0.05, 0.1) is 14.2 Å². The van der Waals surface area contributed by atoms with Gasteiger partial charge in [0.15, 0.2) is 0 Å². The smallest absolute Gasteiger partial charge is 0.119 e. The third-order valence-electron chi connectivity index (χ3n) is 3.86. The van der Waals surface area contributed by atoms with Gasteiger partial charge in [0.2, 0.25) is 0 Å². The highest BCUT2D eigenvalue weighted by Gasteiger charge is 2.17. The number of fused-ring (bicyclic) bond motifs is 1. The molecule has 0 unspecified atom stereocenters. The van der Waals surface area contributed by atoms with E-state index < -0.39 is 0 Å². The van der Waals surface area contributed by atoms with Crippen LogP contribution in [0.3, 0.4) is 0 Å². The van der Waals surface area contributed by atoms with E-state index in [2.05, 4.69) is 29.2 Å². The lowest BCUT2D eigenvalue weighted by Crippen LogP contribution is -2.30. The van der Waals surface area contributed by atoms with Crippen LogP contribution in [-0.4, -0.2) is 20.8 Å². The molecule has 0 bridgehead atoms. The summed E-state index contributed by atoms with van der Waals surface area (Å²) in [5.74, 6) is 1.84.